The Hall–Kier alpha value is -3.46. The number of nitrogens with one attached hydrogen (secondary N) is 1. The maximum atomic E-state index is 9.91. The molecule has 34 heavy (non-hydrogen) atoms. The second-order valence-corrected chi connectivity index (χ2v) is 8.54. The molecule has 1 aliphatic carbocycles. The fourth-order valence-corrected chi connectivity index (χ4v) is 4.48. The van der Waals surface area contributed by atoms with Crippen LogP contribution in [0.25, 0.3) is 22.2 Å². The quantitative estimate of drug-likeness (QED) is 0.378. The maximum Gasteiger partial charge on any atom is 0.293 e. The Bertz CT molecular complexity index is 1120. The monoisotopic (exact) mass is 461 g/mol. The van der Waals surface area contributed by atoms with Crippen molar-refractivity contribution >= 4 is 23.1 Å². The number of ether oxygens (including phenoxy) is 2. The van der Waals surface area contributed by atoms with Crippen molar-refractivity contribution in [3.63, 3.8) is 0 Å². The molecular weight excluding hydrogens is 426 g/mol. The Kier molecular flexibility index (Phi) is 8.98. The molecule has 0 aliphatic heterocycles. The predicted octanol–water partition coefficient (Wildman–Crippen LogP) is 6.69. The van der Waals surface area contributed by atoms with Crippen LogP contribution in [0.5, 0.6) is 5.75 Å². The molecule has 0 spiro atoms. The van der Waals surface area contributed by atoms with Gasteiger partial charge in [0, 0.05) is 30.2 Å². The summed E-state index contributed by atoms with van der Waals surface area (Å²) in [5, 5.41) is 14.0. The molecule has 1 aliphatic rings. The molecule has 0 radical (unpaired) electrons. The van der Waals surface area contributed by atoms with E-state index < -0.39 is 0 Å². The molecule has 180 valence electrons. The van der Waals surface area contributed by atoms with Crippen molar-refractivity contribution in [3.05, 3.63) is 48.0 Å². The van der Waals surface area contributed by atoms with E-state index in [0.29, 0.717) is 13.1 Å². The van der Waals surface area contributed by atoms with Crippen LogP contribution in [0, 0.1) is 11.3 Å². The van der Waals surface area contributed by atoms with Crippen LogP contribution in [0.3, 0.4) is 0 Å². The second kappa shape index (κ2) is 12.1. The van der Waals surface area contributed by atoms with Gasteiger partial charge in [-0.1, -0.05) is 19.1 Å². The number of anilines is 1. The molecule has 3 aromatic rings. The number of benzene rings is 2. The van der Waals surface area contributed by atoms with Gasteiger partial charge in [-0.05, 0) is 75.8 Å². The van der Waals surface area contributed by atoms with Gasteiger partial charge in [-0.15, -0.1) is 0 Å². The third-order valence-electron chi connectivity index (χ3n) is 6.43. The molecule has 1 saturated carbocycles. The molecule has 6 heteroatoms. The molecule has 1 N–H and O–H groups in total. The van der Waals surface area contributed by atoms with Gasteiger partial charge in [-0.25, -0.2) is 0 Å². The van der Waals surface area contributed by atoms with Crippen LogP contribution in [0.4, 0.5) is 5.69 Å². The number of carbonyl (C=O) groups excluding carboxylic acids is 1. The molecule has 0 bridgehead atoms. The van der Waals surface area contributed by atoms with E-state index in [1.54, 1.807) is 0 Å². The Morgan fingerprint density at radius 2 is 1.88 bits per heavy atom. The summed E-state index contributed by atoms with van der Waals surface area (Å²) in [5.41, 5.74) is 4.86. The molecule has 0 saturated heterocycles. The third kappa shape index (κ3) is 5.53. The Balaban J connectivity index is 0.000000343. The topological polar surface area (TPSA) is 76.3 Å². The van der Waals surface area contributed by atoms with E-state index in [1.807, 2.05) is 38.2 Å². The van der Waals surface area contributed by atoms with Gasteiger partial charge in [0.05, 0.1) is 23.4 Å². The number of aromatic nitrogens is 1. The molecule has 2 aromatic carbocycles. The number of nitriles is 1. The summed E-state index contributed by atoms with van der Waals surface area (Å²) in [7, 11) is 1.90. The Morgan fingerprint density at radius 3 is 2.44 bits per heavy atom. The number of nitrogens with zero attached hydrogens (tertiary/aromatic N) is 2. The average Bonchev–Trinajstić information content (AvgIpc) is 3.50. The normalized spacial score (nSPS) is 14.1. The van der Waals surface area contributed by atoms with Gasteiger partial charge in [0.2, 0.25) is 0 Å². The fourth-order valence-electron chi connectivity index (χ4n) is 4.48. The first-order valence-corrected chi connectivity index (χ1v) is 12.2. The first kappa shape index (κ1) is 25.2. The van der Waals surface area contributed by atoms with Crippen LogP contribution in [-0.2, 0) is 9.53 Å². The molecule has 1 atom stereocenters. The standard InChI is InChI=1S/C22H25N3O.C6H10O2/c1-5-15(3)25-21-13-18(26-6-2)11-12-19(21)20(14-23)22(25)16-7-9-17(24-4)10-8-16;7-5-8-6-3-1-2-4-6/h7-13,15,24H,5-6H2,1-4H3;5-6H,1-4H2. The molecule has 1 unspecified atom stereocenters. The van der Waals surface area contributed by atoms with Gasteiger partial charge in [-0.3, -0.25) is 4.79 Å². The zero-order chi connectivity index (χ0) is 24.5. The lowest BCUT2D eigenvalue weighted by atomic mass is 10.1. The summed E-state index contributed by atoms with van der Waals surface area (Å²) in [6, 6.07) is 16.9. The van der Waals surface area contributed by atoms with Gasteiger partial charge >= 0.3 is 0 Å². The zero-order valence-electron chi connectivity index (χ0n) is 20.6. The van der Waals surface area contributed by atoms with Gasteiger partial charge in [-0.2, -0.15) is 5.26 Å². The van der Waals surface area contributed by atoms with Crippen molar-refractivity contribution in [2.24, 2.45) is 0 Å². The van der Waals surface area contributed by atoms with Gasteiger partial charge in [0.1, 0.15) is 17.9 Å². The van der Waals surface area contributed by atoms with E-state index in [-0.39, 0.29) is 12.1 Å². The van der Waals surface area contributed by atoms with E-state index in [4.69, 9.17) is 9.47 Å². The summed E-state index contributed by atoms with van der Waals surface area (Å²) in [6.45, 7) is 7.52. The lowest BCUT2D eigenvalue weighted by Crippen LogP contribution is -2.06. The highest BCUT2D eigenvalue weighted by Gasteiger charge is 2.22. The largest absolute Gasteiger partial charge is 0.494 e. The summed E-state index contributed by atoms with van der Waals surface area (Å²) >= 11 is 0. The van der Waals surface area contributed by atoms with E-state index >= 15 is 0 Å². The molecule has 1 heterocycles. The van der Waals surface area contributed by atoms with Crippen molar-refractivity contribution in [2.75, 3.05) is 19.0 Å². The number of hydrogen-bond acceptors (Lipinski definition) is 5. The Labute approximate surface area is 202 Å². The molecule has 6 nitrogen and oxygen atoms in total. The number of hydrogen-bond donors (Lipinski definition) is 1. The van der Waals surface area contributed by atoms with Crippen molar-refractivity contribution < 1.29 is 14.3 Å². The van der Waals surface area contributed by atoms with Gasteiger partial charge in [0.25, 0.3) is 6.47 Å². The zero-order valence-corrected chi connectivity index (χ0v) is 20.6. The van der Waals surface area contributed by atoms with Crippen LogP contribution in [0.2, 0.25) is 0 Å². The van der Waals surface area contributed by atoms with Crippen molar-refractivity contribution in [1.29, 1.82) is 5.26 Å². The lowest BCUT2D eigenvalue weighted by molar-refractivity contribution is -0.133. The average molecular weight is 462 g/mol. The van der Waals surface area contributed by atoms with Gasteiger partial charge < -0.3 is 19.4 Å². The van der Waals surface area contributed by atoms with E-state index in [2.05, 4.69) is 48.0 Å². The molecule has 1 fully saturated rings. The van der Waals surface area contributed by atoms with Crippen molar-refractivity contribution in [2.45, 2.75) is 65.0 Å². The third-order valence-corrected chi connectivity index (χ3v) is 6.43. The number of fused-ring (bicyclic) bond motifs is 1. The minimum Gasteiger partial charge on any atom is -0.494 e. The lowest BCUT2D eigenvalue weighted by Gasteiger charge is -2.18. The van der Waals surface area contributed by atoms with Gasteiger partial charge in [0.15, 0.2) is 0 Å². The van der Waals surface area contributed by atoms with Crippen molar-refractivity contribution in [1.82, 2.24) is 4.57 Å². The summed E-state index contributed by atoms with van der Waals surface area (Å²) in [5.74, 6) is 0.837. The fraction of sp³-hybridized carbons (Fsp3) is 0.429. The minimum atomic E-state index is 0.243. The maximum absolute atomic E-state index is 9.91. The van der Waals surface area contributed by atoms with Crippen LogP contribution in [-0.4, -0.2) is 30.8 Å². The first-order chi connectivity index (χ1) is 16.6. The molecule has 4 rings (SSSR count). The molecule has 1 aromatic heterocycles. The van der Waals surface area contributed by atoms with Crippen molar-refractivity contribution in [3.8, 4) is 23.1 Å². The van der Waals surface area contributed by atoms with Crippen LogP contribution >= 0.6 is 0 Å². The first-order valence-electron chi connectivity index (χ1n) is 12.2. The highest BCUT2D eigenvalue weighted by Crippen LogP contribution is 2.38. The number of rotatable bonds is 8. The molecule has 0 amide bonds. The van der Waals surface area contributed by atoms with E-state index in [1.165, 1.54) is 12.8 Å². The summed E-state index contributed by atoms with van der Waals surface area (Å²) in [4.78, 5) is 9.74. The molecular formula is C28H35N3O3. The minimum absolute atomic E-state index is 0.243. The van der Waals surface area contributed by atoms with Crippen LogP contribution < -0.4 is 10.1 Å². The number of carbonyl (C=O) groups is 1. The van der Waals surface area contributed by atoms with Crippen LogP contribution in [0.15, 0.2) is 42.5 Å². The highest BCUT2D eigenvalue weighted by molar-refractivity contribution is 5.95. The van der Waals surface area contributed by atoms with Crippen LogP contribution in [0.1, 0.15) is 64.5 Å². The predicted molar refractivity (Wildman–Crippen MR) is 137 cm³/mol. The Morgan fingerprint density at radius 1 is 1.18 bits per heavy atom. The summed E-state index contributed by atoms with van der Waals surface area (Å²) in [6.07, 6.45) is 5.80. The second-order valence-electron chi connectivity index (χ2n) is 8.54. The SMILES string of the molecule is CCOc1ccc2c(C#N)c(-c3ccc(NC)cc3)n(C(C)CC)c2c1.O=COC1CCCC1. The highest BCUT2D eigenvalue weighted by atomic mass is 16.5. The van der Waals surface area contributed by atoms with E-state index in [0.717, 1.165) is 58.4 Å². The van der Waals surface area contributed by atoms with E-state index in [9.17, 15) is 10.1 Å². The smallest absolute Gasteiger partial charge is 0.293 e. The summed E-state index contributed by atoms with van der Waals surface area (Å²) < 4.78 is 12.7.